The molecule has 2 aromatic carbocycles. The first-order valence-electron chi connectivity index (χ1n) is 6.56. The molecule has 3 N–H and O–H groups in total. The molecule has 0 aliphatic heterocycles. The number of carboxylic acids is 1. The van der Waals surface area contributed by atoms with E-state index in [0.717, 1.165) is 0 Å². The third kappa shape index (κ3) is 1.92. The van der Waals surface area contributed by atoms with Crippen molar-refractivity contribution in [3.63, 3.8) is 0 Å². The number of carbonyl (C=O) groups is 1. The Kier molecular flexibility index (Phi) is 3.03. The van der Waals surface area contributed by atoms with E-state index in [4.69, 9.17) is 0 Å². The molecule has 2 aromatic rings. The average molecular weight is 282 g/mol. The van der Waals surface area contributed by atoms with Crippen LogP contribution < -0.4 is 0 Å². The number of carboxylic acid groups (broad SMARTS) is 1. The van der Waals surface area contributed by atoms with Gasteiger partial charge in [0.05, 0.1) is 0 Å². The van der Waals surface area contributed by atoms with Gasteiger partial charge in [-0.05, 0) is 11.6 Å². The van der Waals surface area contributed by atoms with Crippen molar-refractivity contribution in [3.8, 4) is 0 Å². The molecule has 3 rings (SSSR count). The molecule has 4 heteroatoms. The molecule has 0 saturated heterocycles. The number of aliphatic hydroxyl groups is 2. The summed E-state index contributed by atoms with van der Waals surface area (Å²) in [6.45, 7) is 0. The maximum absolute atomic E-state index is 11.8. The van der Waals surface area contributed by atoms with Crippen LogP contribution in [-0.4, -0.2) is 21.3 Å². The van der Waals surface area contributed by atoms with E-state index in [9.17, 15) is 20.1 Å². The molecule has 0 heterocycles. The highest BCUT2D eigenvalue weighted by molar-refractivity contribution is 5.86. The lowest BCUT2D eigenvalue weighted by Gasteiger charge is -2.36. The highest BCUT2D eigenvalue weighted by Crippen LogP contribution is 2.45. The zero-order valence-corrected chi connectivity index (χ0v) is 11.1. The number of hydrogen-bond acceptors (Lipinski definition) is 3. The number of hydrogen-bond donors (Lipinski definition) is 3. The van der Waals surface area contributed by atoms with Crippen LogP contribution in [0.1, 0.15) is 22.6 Å². The predicted octanol–water partition coefficient (Wildman–Crippen LogP) is 2.66. The third-order valence-corrected chi connectivity index (χ3v) is 3.87. The van der Waals surface area contributed by atoms with Crippen LogP contribution >= 0.6 is 0 Å². The number of aliphatic carboxylic acids is 1. The van der Waals surface area contributed by atoms with Gasteiger partial charge in [0, 0.05) is 17.0 Å². The van der Waals surface area contributed by atoms with Crippen molar-refractivity contribution >= 4 is 11.7 Å². The van der Waals surface area contributed by atoms with Crippen molar-refractivity contribution in [1.82, 2.24) is 0 Å². The van der Waals surface area contributed by atoms with E-state index in [2.05, 4.69) is 0 Å². The van der Waals surface area contributed by atoms with Crippen LogP contribution in [0.15, 0.2) is 60.7 Å². The number of benzene rings is 2. The minimum atomic E-state index is -2.11. The van der Waals surface area contributed by atoms with Crippen molar-refractivity contribution < 1.29 is 20.1 Å². The van der Waals surface area contributed by atoms with Crippen molar-refractivity contribution in [2.45, 2.75) is 11.5 Å². The zero-order chi connectivity index (χ0) is 15.0. The highest BCUT2D eigenvalue weighted by atomic mass is 16.4. The van der Waals surface area contributed by atoms with Gasteiger partial charge >= 0.3 is 5.97 Å². The van der Waals surface area contributed by atoms with Crippen LogP contribution in [0.3, 0.4) is 0 Å². The Bertz CT molecular complexity index is 721. The van der Waals surface area contributed by atoms with Gasteiger partial charge in [-0.25, -0.2) is 4.79 Å². The maximum atomic E-state index is 11.8. The summed E-state index contributed by atoms with van der Waals surface area (Å²) >= 11 is 0. The molecule has 1 aliphatic carbocycles. The van der Waals surface area contributed by atoms with E-state index in [-0.39, 0.29) is 11.3 Å². The van der Waals surface area contributed by atoms with Gasteiger partial charge in [0.25, 0.3) is 0 Å². The molecule has 21 heavy (non-hydrogen) atoms. The Balaban J connectivity index is 2.27. The smallest absolute Gasteiger partial charge is 0.341 e. The van der Waals surface area contributed by atoms with E-state index in [1.165, 1.54) is 12.1 Å². The van der Waals surface area contributed by atoms with Gasteiger partial charge in [-0.1, -0.05) is 54.6 Å². The second-order valence-electron chi connectivity index (χ2n) is 5.06. The number of rotatable bonds is 2. The summed E-state index contributed by atoms with van der Waals surface area (Å²) in [6.07, 6.45) is 1.39. The van der Waals surface area contributed by atoms with Crippen molar-refractivity contribution in [2.75, 3.05) is 0 Å². The first-order valence-corrected chi connectivity index (χ1v) is 6.56. The molecule has 4 nitrogen and oxygen atoms in total. The van der Waals surface area contributed by atoms with Gasteiger partial charge in [-0.15, -0.1) is 0 Å². The van der Waals surface area contributed by atoms with Gasteiger partial charge in [0.1, 0.15) is 5.76 Å². The van der Waals surface area contributed by atoms with Gasteiger partial charge in [-0.2, -0.15) is 0 Å². The minimum Gasteiger partial charge on any atom is -0.508 e. The monoisotopic (exact) mass is 282 g/mol. The fourth-order valence-electron chi connectivity index (χ4n) is 2.82. The Hall–Kier alpha value is -2.59. The van der Waals surface area contributed by atoms with E-state index in [1.54, 1.807) is 42.5 Å². The number of aliphatic hydroxyl groups excluding tert-OH is 1. The van der Waals surface area contributed by atoms with Crippen molar-refractivity contribution in [1.29, 1.82) is 0 Å². The largest absolute Gasteiger partial charge is 0.508 e. The van der Waals surface area contributed by atoms with Gasteiger partial charge < -0.3 is 15.3 Å². The van der Waals surface area contributed by atoms with E-state index >= 15 is 0 Å². The standard InChI is InChI=1S/C17H14O4/c18-15-10-14(11-6-2-1-3-7-11)17(21,16(19)20)13-9-5-4-8-12(13)15/h1-10,14,18,21H,(H,19,20). The molecule has 0 aromatic heterocycles. The van der Waals surface area contributed by atoms with E-state index in [1.807, 2.05) is 6.07 Å². The summed E-state index contributed by atoms with van der Waals surface area (Å²) in [5, 5.41) is 30.6. The predicted molar refractivity (Wildman–Crippen MR) is 77.8 cm³/mol. The first kappa shape index (κ1) is 13.4. The molecule has 0 amide bonds. The number of fused-ring (bicyclic) bond motifs is 1. The Morgan fingerprint density at radius 3 is 2.29 bits per heavy atom. The molecule has 0 spiro atoms. The summed E-state index contributed by atoms with van der Waals surface area (Å²) in [5.74, 6) is -2.22. The van der Waals surface area contributed by atoms with Crippen LogP contribution in [0.25, 0.3) is 5.76 Å². The molecule has 0 radical (unpaired) electrons. The van der Waals surface area contributed by atoms with Crippen molar-refractivity contribution in [3.05, 3.63) is 77.4 Å². The fraction of sp³-hybridized carbons (Fsp3) is 0.118. The van der Waals surface area contributed by atoms with Gasteiger partial charge in [-0.3, -0.25) is 0 Å². The summed E-state index contributed by atoms with van der Waals surface area (Å²) in [6, 6.07) is 15.3. The summed E-state index contributed by atoms with van der Waals surface area (Å²) < 4.78 is 0. The summed E-state index contributed by atoms with van der Waals surface area (Å²) in [4.78, 5) is 11.8. The topological polar surface area (TPSA) is 77.8 Å². The summed E-state index contributed by atoms with van der Waals surface area (Å²) in [5.41, 5.74) is -0.936. The van der Waals surface area contributed by atoms with E-state index < -0.39 is 17.5 Å². The second kappa shape index (κ2) is 4.75. The van der Waals surface area contributed by atoms with Crippen LogP contribution in [0.2, 0.25) is 0 Å². The van der Waals surface area contributed by atoms with Crippen LogP contribution in [-0.2, 0) is 10.4 Å². The normalized spacial score (nSPS) is 24.0. The fourth-order valence-corrected chi connectivity index (χ4v) is 2.82. The van der Waals surface area contributed by atoms with E-state index in [0.29, 0.717) is 11.1 Å². The quantitative estimate of drug-likeness (QED) is 0.791. The SMILES string of the molecule is O=C(O)C1(O)c2ccccc2C(O)=CC1c1ccccc1. The first-order chi connectivity index (χ1) is 10.0. The second-order valence-corrected chi connectivity index (χ2v) is 5.06. The van der Waals surface area contributed by atoms with Gasteiger partial charge in [0.15, 0.2) is 5.60 Å². The maximum Gasteiger partial charge on any atom is 0.341 e. The average Bonchev–Trinajstić information content (AvgIpc) is 2.51. The lowest BCUT2D eigenvalue weighted by Crippen LogP contribution is -2.43. The Morgan fingerprint density at radius 2 is 1.62 bits per heavy atom. The summed E-state index contributed by atoms with van der Waals surface area (Å²) in [7, 11) is 0. The zero-order valence-electron chi connectivity index (χ0n) is 11.1. The molecule has 1 aliphatic rings. The molecule has 106 valence electrons. The van der Waals surface area contributed by atoms with Crippen LogP contribution in [0.5, 0.6) is 0 Å². The Labute approximate surface area is 121 Å². The highest BCUT2D eigenvalue weighted by Gasteiger charge is 2.49. The lowest BCUT2D eigenvalue weighted by atomic mass is 9.72. The molecule has 0 saturated carbocycles. The molecular formula is C17H14O4. The Morgan fingerprint density at radius 1 is 1.00 bits per heavy atom. The molecule has 0 bridgehead atoms. The van der Waals surface area contributed by atoms with Crippen LogP contribution in [0, 0.1) is 0 Å². The molecular weight excluding hydrogens is 268 g/mol. The van der Waals surface area contributed by atoms with Crippen LogP contribution in [0.4, 0.5) is 0 Å². The molecule has 2 atom stereocenters. The van der Waals surface area contributed by atoms with Gasteiger partial charge in [0.2, 0.25) is 0 Å². The van der Waals surface area contributed by atoms with Crippen molar-refractivity contribution in [2.24, 2.45) is 0 Å². The minimum absolute atomic E-state index is 0.0228. The lowest BCUT2D eigenvalue weighted by molar-refractivity contribution is -0.161. The third-order valence-electron chi connectivity index (χ3n) is 3.87. The molecule has 0 fully saturated rings. The molecule has 2 unspecified atom stereocenters.